The number of anilines is 2. The lowest BCUT2D eigenvalue weighted by atomic mass is 10.3. The third-order valence-corrected chi connectivity index (χ3v) is 2.45. The normalized spacial score (nSPS) is 11.4. The van der Waals surface area contributed by atoms with Gasteiger partial charge in [-0.1, -0.05) is 6.92 Å². The molecule has 0 amide bonds. The Morgan fingerprint density at radius 1 is 1.17 bits per heavy atom. The molecule has 0 aliphatic heterocycles. The Morgan fingerprint density at radius 3 is 2.28 bits per heavy atom. The highest BCUT2D eigenvalue weighted by Gasteiger charge is 2.26. The first-order chi connectivity index (χ1) is 8.37. The Bertz CT molecular complexity index is 404. The Balaban J connectivity index is 2.81. The molecule has 1 aromatic heterocycles. The van der Waals surface area contributed by atoms with Crippen molar-refractivity contribution in [3.8, 4) is 0 Å². The van der Waals surface area contributed by atoms with Gasteiger partial charge in [-0.3, -0.25) is 0 Å². The molecule has 0 atom stereocenters. The van der Waals surface area contributed by atoms with Crippen LogP contribution in [0.15, 0.2) is 0 Å². The van der Waals surface area contributed by atoms with E-state index >= 15 is 0 Å². The summed E-state index contributed by atoms with van der Waals surface area (Å²) in [5.74, 6) is 1.69. The van der Waals surface area contributed by atoms with Crippen molar-refractivity contribution in [1.29, 1.82) is 0 Å². The molecule has 0 aromatic carbocycles. The molecular weight excluding hydrogens is 245 g/mol. The monoisotopic (exact) mass is 262 g/mol. The molecule has 18 heavy (non-hydrogen) atoms. The van der Waals surface area contributed by atoms with Gasteiger partial charge < -0.3 is 10.6 Å². The smallest absolute Gasteiger partial charge is 0.373 e. The predicted molar refractivity (Wildman–Crippen MR) is 64.9 cm³/mol. The van der Waals surface area contributed by atoms with E-state index in [2.05, 4.69) is 20.6 Å². The summed E-state index contributed by atoms with van der Waals surface area (Å²) in [6, 6.07) is 0. The highest BCUT2D eigenvalue weighted by molar-refractivity contribution is 5.56. The van der Waals surface area contributed by atoms with Crippen molar-refractivity contribution in [3.63, 3.8) is 0 Å². The molecule has 0 aliphatic rings. The first-order valence-corrected chi connectivity index (χ1v) is 5.73. The van der Waals surface area contributed by atoms with Crippen LogP contribution in [-0.2, 0) is 6.42 Å². The number of rotatable bonds is 5. The summed E-state index contributed by atoms with van der Waals surface area (Å²) in [5.41, 5.74) is 0.719. The van der Waals surface area contributed by atoms with Gasteiger partial charge in [0.15, 0.2) is 0 Å². The van der Waals surface area contributed by atoms with Crippen LogP contribution in [-0.4, -0.2) is 29.7 Å². The topological polar surface area (TPSA) is 49.8 Å². The Morgan fingerprint density at radius 2 is 1.78 bits per heavy atom. The van der Waals surface area contributed by atoms with Crippen LogP contribution in [0.2, 0.25) is 0 Å². The number of hydrogen-bond donors (Lipinski definition) is 2. The number of nitrogens with zero attached hydrogens (tertiary/aromatic N) is 2. The van der Waals surface area contributed by atoms with Crippen molar-refractivity contribution >= 4 is 11.6 Å². The summed E-state index contributed by atoms with van der Waals surface area (Å²) >= 11 is 0. The average Bonchev–Trinajstić information content (AvgIpc) is 2.29. The van der Waals surface area contributed by atoms with Gasteiger partial charge in [-0.2, -0.15) is 13.2 Å². The van der Waals surface area contributed by atoms with Crippen LogP contribution in [0.25, 0.3) is 0 Å². The molecule has 7 heteroatoms. The predicted octanol–water partition coefficient (Wildman–Crippen LogP) is 2.75. The molecule has 0 radical (unpaired) electrons. The van der Waals surface area contributed by atoms with E-state index in [4.69, 9.17) is 0 Å². The second-order valence-corrected chi connectivity index (χ2v) is 3.86. The second kappa shape index (κ2) is 5.88. The lowest BCUT2D eigenvalue weighted by Crippen LogP contribution is -2.16. The lowest BCUT2D eigenvalue weighted by Gasteiger charge is -2.14. The van der Waals surface area contributed by atoms with E-state index in [1.807, 2.05) is 6.92 Å². The number of halogens is 3. The molecule has 0 saturated carbocycles. The maximum atomic E-state index is 12.1. The summed E-state index contributed by atoms with van der Waals surface area (Å²) in [6.45, 7) is 3.47. The van der Waals surface area contributed by atoms with Crippen LogP contribution in [0.1, 0.15) is 24.7 Å². The molecule has 0 aliphatic carbocycles. The zero-order chi connectivity index (χ0) is 13.8. The van der Waals surface area contributed by atoms with Crippen molar-refractivity contribution in [3.05, 3.63) is 11.4 Å². The van der Waals surface area contributed by atoms with E-state index in [1.54, 1.807) is 14.0 Å². The number of hydrogen-bond acceptors (Lipinski definition) is 4. The molecule has 0 spiro atoms. The van der Waals surface area contributed by atoms with Crippen molar-refractivity contribution < 1.29 is 13.2 Å². The van der Waals surface area contributed by atoms with E-state index in [-0.39, 0.29) is 6.54 Å². The van der Waals surface area contributed by atoms with Gasteiger partial charge >= 0.3 is 6.18 Å². The fourth-order valence-corrected chi connectivity index (χ4v) is 1.46. The van der Waals surface area contributed by atoms with Crippen LogP contribution in [0.5, 0.6) is 0 Å². The van der Waals surface area contributed by atoms with Crippen LogP contribution in [0.4, 0.5) is 24.8 Å². The van der Waals surface area contributed by atoms with Crippen molar-refractivity contribution in [1.82, 2.24) is 9.97 Å². The molecule has 0 bridgehead atoms. The van der Waals surface area contributed by atoms with Gasteiger partial charge in [0.1, 0.15) is 17.5 Å². The number of aryl methyl sites for hydroxylation is 1. The molecule has 0 saturated heterocycles. The average molecular weight is 262 g/mol. The molecule has 2 N–H and O–H groups in total. The lowest BCUT2D eigenvalue weighted by molar-refractivity contribution is -0.131. The van der Waals surface area contributed by atoms with Gasteiger partial charge in [0.05, 0.1) is 6.42 Å². The number of nitrogens with one attached hydrogen (secondary N) is 2. The Kier molecular flexibility index (Phi) is 4.75. The van der Waals surface area contributed by atoms with Gasteiger partial charge in [-0.25, -0.2) is 9.97 Å². The van der Waals surface area contributed by atoms with Gasteiger partial charge in [-0.05, 0) is 6.92 Å². The van der Waals surface area contributed by atoms with Gasteiger partial charge in [0.2, 0.25) is 0 Å². The highest BCUT2D eigenvalue weighted by atomic mass is 19.4. The summed E-state index contributed by atoms with van der Waals surface area (Å²) in [5, 5.41) is 5.61. The van der Waals surface area contributed by atoms with Crippen LogP contribution >= 0.6 is 0 Å². The van der Waals surface area contributed by atoms with Crippen LogP contribution in [0.3, 0.4) is 0 Å². The first-order valence-electron chi connectivity index (χ1n) is 5.73. The van der Waals surface area contributed by atoms with E-state index < -0.39 is 12.6 Å². The second-order valence-electron chi connectivity index (χ2n) is 3.86. The third-order valence-electron chi connectivity index (χ3n) is 2.45. The maximum Gasteiger partial charge on any atom is 0.390 e. The van der Waals surface area contributed by atoms with Gasteiger partial charge in [-0.15, -0.1) is 0 Å². The zero-order valence-electron chi connectivity index (χ0n) is 10.6. The maximum absolute atomic E-state index is 12.1. The first kappa shape index (κ1) is 14.5. The number of aromatic nitrogens is 2. The standard InChI is InChI=1S/C11H17F3N4/c1-4-8-17-9(15-3)7(2)10(18-8)16-6-5-11(12,13)14/h4-6H2,1-3H3,(H2,15,16,17,18). The van der Waals surface area contributed by atoms with E-state index in [0.29, 0.717) is 23.9 Å². The van der Waals surface area contributed by atoms with Crippen LogP contribution in [0, 0.1) is 6.92 Å². The third kappa shape index (κ3) is 4.05. The zero-order valence-corrected chi connectivity index (χ0v) is 10.6. The quantitative estimate of drug-likeness (QED) is 0.856. The summed E-state index contributed by atoms with van der Waals surface area (Å²) in [7, 11) is 1.72. The minimum absolute atomic E-state index is 0.187. The molecular formula is C11H17F3N4. The minimum Gasteiger partial charge on any atom is -0.373 e. The SMILES string of the molecule is CCc1nc(NC)c(C)c(NCCC(F)(F)F)n1. The van der Waals surface area contributed by atoms with E-state index in [0.717, 1.165) is 5.56 Å². The molecule has 0 fully saturated rings. The molecule has 1 heterocycles. The molecule has 4 nitrogen and oxygen atoms in total. The molecule has 102 valence electrons. The van der Waals surface area contributed by atoms with Crippen molar-refractivity contribution in [2.75, 3.05) is 24.2 Å². The van der Waals surface area contributed by atoms with Gasteiger partial charge in [0, 0.05) is 25.6 Å². The number of alkyl halides is 3. The van der Waals surface area contributed by atoms with Gasteiger partial charge in [0.25, 0.3) is 0 Å². The molecule has 0 unspecified atom stereocenters. The van der Waals surface area contributed by atoms with E-state index in [9.17, 15) is 13.2 Å². The molecule has 1 aromatic rings. The minimum atomic E-state index is -4.16. The summed E-state index contributed by atoms with van der Waals surface area (Å²) in [4.78, 5) is 8.43. The van der Waals surface area contributed by atoms with Crippen molar-refractivity contribution in [2.45, 2.75) is 32.9 Å². The molecule has 1 rings (SSSR count). The fourth-order valence-electron chi connectivity index (χ4n) is 1.46. The summed E-state index contributed by atoms with van der Waals surface area (Å²) in [6.07, 6.45) is -4.41. The Labute approximate surface area is 104 Å². The summed E-state index contributed by atoms with van der Waals surface area (Å²) < 4.78 is 36.2. The largest absolute Gasteiger partial charge is 0.390 e. The van der Waals surface area contributed by atoms with Crippen molar-refractivity contribution in [2.24, 2.45) is 0 Å². The fraction of sp³-hybridized carbons (Fsp3) is 0.636. The van der Waals surface area contributed by atoms with Crippen LogP contribution < -0.4 is 10.6 Å². The highest BCUT2D eigenvalue weighted by Crippen LogP contribution is 2.22. The van der Waals surface area contributed by atoms with E-state index in [1.165, 1.54) is 0 Å². The Hall–Kier alpha value is -1.53.